The van der Waals surface area contributed by atoms with Gasteiger partial charge in [-0.2, -0.15) is 0 Å². The molecule has 2 fully saturated rings. The summed E-state index contributed by atoms with van der Waals surface area (Å²) in [5.41, 5.74) is 0.976. The van der Waals surface area contributed by atoms with Crippen molar-refractivity contribution in [2.45, 2.75) is 32.9 Å². The summed E-state index contributed by atoms with van der Waals surface area (Å²) < 4.78 is 5.30. The number of likely N-dealkylation sites (tertiary alicyclic amines) is 2. The molecule has 2 aliphatic heterocycles. The van der Waals surface area contributed by atoms with Crippen molar-refractivity contribution in [2.75, 3.05) is 26.7 Å². The van der Waals surface area contributed by atoms with E-state index in [0.717, 1.165) is 50.3 Å². The van der Waals surface area contributed by atoms with Gasteiger partial charge < -0.3 is 9.64 Å². The number of ether oxygens (including phenoxy) is 1. The Balaban J connectivity index is 1.40. The molecule has 1 amide bonds. The van der Waals surface area contributed by atoms with Crippen molar-refractivity contribution < 1.29 is 9.53 Å². The van der Waals surface area contributed by atoms with Crippen molar-refractivity contribution >= 4 is 17.2 Å². The third kappa shape index (κ3) is 3.38. The molecule has 26 heavy (non-hydrogen) atoms. The highest BCUT2D eigenvalue weighted by Crippen LogP contribution is 2.41. The maximum absolute atomic E-state index is 13.2. The van der Waals surface area contributed by atoms with Crippen LogP contribution in [0.15, 0.2) is 36.4 Å². The Morgan fingerprint density at radius 3 is 2.77 bits per heavy atom. The van der Waals surface area contributed by atoms with Gasteiger partial charge in [-0.3, -0.25) is 9.69 Å². The summed E-state index contributed by atoms with van der Waals surface area (Å²) in [4.78, 5) is 20.4. The van der Waals surface area contributed by atoms with Crippen molar-refractivity contribution in [2.24, 2.45) is 5.41 Å². The number of rotatable bonds is 5. The van der Waals surface area contributed by atoms with Gasteiger partial charge in [0.25, 0.3) is 0 Å². The molecular weight excluding hydrogens is 344 g/mol. The maximum Gasteiger partial charge on any atom is 0.230 e. The Labute approximate surface area is 159 Å². The minimum Gasteiger partial charge on any atom is -0.497 e. The zero-order chi connectivity index (χ0) is 18.1. The fourth-order valence-electron chi connectivity index (χ4n) is 4.30. The van der Waals surface area contributed by atoms with E-state index in [1.807, 2.05) is 34.4 Å². The van der Waals surface area contributed by atoms with E-state index in [0.29, 0.717) is 12.5 Å². The van der Waals surface area contributed by atoms with Crippen LogP contribution in [0.5, 0.6) is 5.75 Å². The summed E-state index contributed by atoms with van der Waals surface area (Å²) in [5.74, 6) is 1.19. The lowest BCUT2D eigenvalue weighted by atomic mass is 9.85. The molecule has 1 aromatic heterocycles. The van der Waals surface area contributed by atoms with Gasteiger partial charge in [-0.25, -0.2) is 0 Å². The molecule has 1 atom stereocenters. The van der Waals surface area contributed by atoms with Crippen LogP contribution in [-0.2, 0) is 17.9 Å². The first-order chi connectivity index (χ1) is 12.6. The van der Waals surface area contributed by atoms with Crippen molar-refractivity contribution in [3.8, 4) is 5.75 Å². The standard InChI is InChI=1S/C21H26N2O2S/c1-16-6-7-19(26-16)14-22-10-8-21(15-22)9-11-23(20(21)24)13-17-4-3-5-18(12-17)25-2/h3-7,12H,8-11,13-15H2,1-2H3/t21-/m1/s1. The van der Waals surface area contributed by atoms with E-state index in [4.69, 9.17) is 4.74 Å². The van der Waals surface area contributed by atoms with E-state index >= 15 is 0 Å². The second-order valence-electron chi connectivity index (χ2n) is 7.58. The van der Waals surface area contributed by atoms with Crippen LogP contribution in [0.4, 0.5) is 0 Å². The van der Waals surface area contributed by atoms with E-state index in [9.17, 15) is 4.79 Å². The Bertz CT molecular complexity index is 803. The first-order valence-electron chi connectivity index (χ1n) is 9.28. The highest BCUT2D eigenvalue weighted by atomic mass is 32.1. The third-order valence-electron chi connectivity index (χ3n) is 5.72. The van der Waals surface area contributed by atoms with E-state index in [1.54, 1.807) is 7.11 Å². The van der Waals surface area contributed by atoms with Crippen molar-refractivity contribution in [1.29, 1.82) is 0 Å². The number of amides is 1. The molecule has 1 aromatic carbocycles. The molecule has 5 heteroatoms. The monoisotopic (exact) mass is 370 g/mol. The molecule has 138 valence electrons. The normalized spacial score (nSPS) is 23.3. The summed E-state index contributed by atoms with van der Waals surface area (Å²) in [6, 6.07) is 12.4. The van der Waals surface area contributed by atoms with Crippen LogP contribution in [-0.4, -0.2) is 42.5 Å². The number of carbonyl (C=O) groups is 1. The lowest BCUT2D eigenvalue weighted by Gasteiger charge is -2.24. The lowest BCUT2D eigenvalue weighted by Crippen LogP contribution is -2.36. The second kappa shape index (κ2) is 7.05. The summed E-state index contributed by atoms with van der Waals surface area (Å²) in [6.07, 6.45) is 1.97. The van der Waals surface area contributed by atoms with E-state index in [1.165, 1.54) is 9.75 Å². The van der Waals surface area contributed by atoms with Gasteiger partial charge in [-0.15, -0.1) is 11.3 Å². The van der Waals surface area contributed by atoms with Crippen molar-refractivity contribution in [1.82, 2.24) is 9.80 Å². The molecule has 0 aliphatic carbocycles. The third-order valence-corrected chi connectivity index (χ3v) is 6.70. The molecule has 3 heterocycles. The topological polar surface area (TPSA) is 32.8 Å². The average Bonchev–Trinajstić information content (AvgIpc) is 3.32. The Morgan fingerprint density at radius 1 is 1.15 bits per heavy atom. The van der Waals surface area contributed by atoms with Gasteiger partial charge in [0.1, 0.15) is 5.75 Å². The van der Waals surface area contributed by atoms with Crippen molar-refractivity contribution in [3.63, 3.8) is 0 Å². The van der Waals surface area contributed by atoms with Gasteiger partial charge in [-0.1, -0.05) is 12.1 Å². The number of aryl methyl sites for hydroxylation is 1. The first kappa shape index (κ1) is 17.6. The molecule has 4 nitrogen and oxygen atoms in total. The summed E-state index contributed by atoms with van der Waals surface area (Å²) in [5, 5.41) is 0. The zero-order valence-corrected chi connectivity index (χ0v) is 16.3. The number of nitrogens with zero attached hydrogens (tertiary/aromatic N) is 2. The Kier molecular flexibility index (Phi) is 4.76. The number of carbonyl (C=O) groups excluding carboxylic acids is 1. The highest BCUT2D eigenvalue weighted by molar-refractivity contribution is 7.11. The largest absolute Gasteiger partial charge is 0.497 e. The molecule has 4 rings (SSSR count). The first-order valence-corrected chi connectivity index (χ1v) is 10.1. The molecule has 1 spiro atoms. The number of methoxy groups -OCH3 is 1. The minimum atomic E-state index is -0.162. The van der Waals surface area contributed by atoms with Gasteiger partial charge >= 0.3 is 0 Å². The van der Waals surface area contributed by atoms with Gasteiger partial charge in [0.05, 0.1) is 12.5 Å². The van der Waals surface area contributed by atoms with E-state index < -0.39 is 0 Å². The van der Waals surface area contributed by atoms with Crippen LogP contribution < -0.4 is 4.74 Å². The average molecular weight is 371 g/mol. The molecule has 2 aliphatic rings. The SMILES string of the molecule is COc1cccc(CN2CC[C@@]3(CCN(Cc4ccc(C)s4)C3)C2=O)c1. The molecule has 0 unspecified atom stereocenters. The minimum absolute atomic E-state index is 0.162. The summed E-state index contributed by atoms with van der Waals surface area (Å²) in [6.45, 7) is 6.59. The molecule has 0 saturated carbocycles. The predicted octanol–water partition coefficient (Wildman–Crippen LogP) is 3.69. The molecule has 2 saturated heterocycles. The predicted molar refractivity (Wildman–Crippen MR) is 104 cm³/mol. The summed E-state index contributed by atoms with van der Waals surface area (Å²) in [7, 11) is 1.68. The molecule has 2 aromatic rings. The smallest absolute Gasteiger partial charge is 0.230 e. The van der Waals surface area contributed by atoms with Crippen LogP contribution in [0, 0.1) is 12.3 Å². The number of benzene rings is 1. The number of thiophene rings is 1. The van der Waals surface area contributed by atoms with Crippen LogP contribution in [0.1, 0.15) is 28.2 Å². The summed E-state index contributed by atoms with van der Waals surface area (Å²) >= 11 is 1.86. The van der Waals surface area contributed by atoms with Crippen LogP contribution >= 0.6 is 11.3 Å². The number of hydrogen-bond donors (Lipinski definition) is 0. The van der Waals surface area contributed by atoms with Crippen molar-refractivity contribution in [3.05, 3.63) is 51.7 Å². The second-order valence-corrected chi connectivity index (χ2v) is 8.95. The fraction of sp³-hybridized carbons (Fsp3) is 0.476. The fourth-order valence-corrected chi connectivity index (χ4v) is 5.23. The Hall–Kier alpha value is -1.85. The van der Waals surface area contributed by atoms with E-state index in [-0.39, 0.29) is 5.41 Å². The van der Waals surface area contributed by atoms with E-state index in [2.05, 4.69) is 30.0 Å². The Morgan fingerprint density at radius 2 is 2.00 bits per heavy atom. The van der Waals surface area contributed by atoms with Crippen LogP contribution in [0.25, 0.3) is 0 Å². The highest BCUT2D eigenvalue weighted by Gasteiger charge is 2.50. The van der Waals surface area contributed by atoms with Gasteiger partial charge in [0.15, 0.2) is 0 Å². The quantitative estimate of drug-likeness (QED) is 0.805. The van der Waals surface area contributed by atoms with Gasteiger partial charge in [0.2, 0.25) is 5.91 Å². The molecule has 0 bridgehead atoms. The molecule has 0 N–H and O–H groups in total. The zero-order valence-electron chi connectivity index (χ0n) is 15.5. The van der Waals surface area contributed by atoms with Crippen LogP contribution in [0.2, 0.25) is 0 Å². The van der Waals surface area contributed by atoms with Gasteiger partial charge in [-0.05, 0) is 56.1 Å². The number of hydrogen-bond acceptors (Lipinski definition) is 4. The molecule has 0 radical (unpaired) electrons. The lowest BCUT2D eigenvalue weighted by molar-refractivity contribution is -0.136. The van der Waals surface area contributed by atoms with Gasteiger partial charge in [0, 0.05) is 35.9 Å². The molecular formula is C21H26N2O2S. The maximum atomic E-state index is 13.2. The van der Waals surface area contributed by atoms with Crippen LogP contribution in [0.3, 0.4) is 0 Å².